The minimum Gasteiger partial charge on any atom is -0.370 e. The predicted molar refractivity (Wildman–Crippen MR) is 85.1 cm³/mol. The number of hydrogen-bond acceptors (Lipinski definition) is 2. The van der Waals surface area contributed by atoms with Crippen LogP contribution in [-0.4, -0.2) is 7.05 Å². The summed E-state index contributed by atoms with van der Waals surface area (Å²) in [7, 11) is 1.65. The highest BCUT2D eigenvalue weighted by atomic mass is 79.9. The van der Waals surface area contributed by atoms with E-state index < -0.39 is 11.7 Å². The van der Waals surface area contributed by atoms with Gasteiger partial charge in [0.1, 0.15) is 0 Å². The van der Waals surface area contributed by atoms with E-state index in [2.05, 4.69) is 15.9 Å². The normalized spacial score (nSPS) is 11.7. The average Bonchev–Trinajstić information content (AvgIpc) is 2.82. The first kappa shape index (κ1) is 16.6. The molecule has 0 unspecified atom stereocenters. The molecule has 21 heavy (non-hydrogen) atoms. The van der Waals surface area contributed by atoms with Gasteiger partial charge in [0, 0.05) is 25.2 Å². The van der Waals surface area contributed by atoms with Gasteiger partial charge >= 0.3 is 6.18 Å². The molecule has 0 fully saturated rings. The van der Waals surface area contributed by atoms with E-state index in [1.54, 1.807) is 18.0 Å². The standard InChI is InChI=1S/C14H12BrClF3NS/c1-20(7-10-5-13(15)21-8-10)12-3-2-9(6-16)4-11(12)14(17,18)19/h2-5,8H,6-7H2,1H3. The maximum atomic E-state index is 13.2. The summed E-state index contributed by atoms with van der Waals surface area (Å²) in [6, 6.07) is 6.11. The van der Waals surface area contributed by atoms with Crippen molar-refractivity contribution in [2.75, 3.05) is 11.9 Å². The highest BCUT2D eigenvalue weighted by molar-refractivity contribution is 9.11. The largest absolute Gasteiger partial charge is 0.418 e. The summed E-state index contributed by atoms with van der Waals surface area (Å²) in [6.07, 6.45) is -4.40. The van der Waals surface area contributed by atoms with Gasteiger partial charge in [-0.25, -0.2) is 0 Å². The minimum atomic E-state index is -4.40. The summed E-state index contributed by atoms with van der Waals surface area (Å²) in [5, 5.41) is 1.92. The van der Waals surface area contributed by atoms with Gasteiger partial charge in [0.15, 0.2) is 0 Å². The summed E-state index contributed by atoms with van der Waals surface area (Å²) in [5.41, 5.74) is 0.916. The molecular weight excluding hydrogens is 387 g/mol. The Balaban J connectivity index is 2.33. The lowest BCUT2D eigenvalue weighted by molar-refractivity contribution is -0.137. The summed E-state index contributed by atoms with van der Waals surface area (Å²) in [6.45, 7) is 0.408. The zero-order valence-electron chi connectivity index (χ0n) is 11.0. The molecule has 0 aliphatic carbocycles. The second-order valence-electron chi connectivity index (χ2n) is 4.60. The van der Waals surface area contributed by atoms with Crippen LogP contribution in [0.2, 0.25) is 0 Å². The molecule has 0 bridgehead atoms. The Bertz CT molecular complexity index is 627. The van der Waals surface area contributed by atoms with E-state index >= 15 is 0 Å². The van der Waals surface area contributed by atoms with Crippen molar-refractivity contribution >= 4 is 44.6 Å². The van der Waals surface area contributed by atoms with Crippen LogP contribution in [0.5, 0.6) is 0 Å². The molecule has 0 N–H and O–H groups in total. The van der Waals surface area contributed by atoms with Crippen molar-refractivity contribution in [1.29, 1.82) is 0 Å². The Morgan fingerprint density at radius 1 is 1.24 bits per heavy atom. The maximum absolute atomic E-state index is 13.2. The van der Waals surface area contributed by atoms with Gasteiger partial charge in [0.25, 0.3) is 0 Å². The molecule has 0 saturated heterocycles. The highest BCUT2D eigenvalue weighted by Crippen LogP contribution is 2.37. The lowest BCUT2D eigenvalue weighted by Gasteiger charge is -2.23. The Morgan fingerprint density at radius 3 is 2.48 bits per heavy atom. The van der Waals surface area contributed by atoms with Crippen molar-refractivity contribution in [3.05, 3.63) is 50.1 Å². The molecule has 0 aliphatic heterocycles. The van der Waals surface area contributed by atoms with Crippen LogP contribution in [0, 0.1) is 0 Å². The number of anilines is 1. The predicted octanol–water partition coefficient (Wildman–Crippen LogP) is 5.90. The van der Waals surface area contributed by atoms with Crippen LogP contribution in [0.15, 0.2) is 33.4 Å². The smallest absolute Gasteiger partial charge is 0.370 e. The van der Waals surface area contributed by atoms with Gasteiger partial charge in [0.2, 0.25) is 0 Å². The van der Waals surface area contributed by atoms with Gasteiger partial charge in [-0.15, -0.1) is 22.9 Å². The van der Waals surface area contributed by atoms with Crippen LogP contribution in [-0.2, 0) is 18.6 Å². The number of halogens is 5. The van der Waals surface area contributed by atoms with E-state index in [-0.39, 0.29) is 11.6 Å². The topological polar surface area (TPSA) is 3.24 Å². The molecule has 0 aliphatic rings. The highest BCUT2D eigenvalue weighted by Gasteiger charge is 2.34. The van der Waals surface area contributed by atoms with Crippen molar-refractivity contribution in [2.24, 2.45) is 0 Å². The lowest BCUT2D eigenvalue weighted by Crippen LogP contribution is -2.21. The van der Waals surface area contributed by atoms with Crippen LogP contribution >= 0.6 is 38.9 Å². The Hall–Kier alpha value is -0.720. The summed E-state index contributed by atoms with van der Waals surface area (Å²) >= 11 is 10.5. The van der Waals surface area contributed by atoms with Gasteiger partial charge in [-0.2, -0.15) is 13.2 Å². The number of nitrogens with zero attached hydrogens (tertiary/aromatic N) is 1. The van der Waals surface area contributed by atoms with Crippen molar-refractivity contribution < 1.29 is 13.2 Å². The van der Waals surface area contributed by atoms with Gasteiger partial charge in [-0.3, -0.25) is 0 Å². The van der Waals surface area contributed by atoms with Crippen LogP contribution < -0.4 is 4.90 Å². The number of benzene rings is 1. The van der Waals surface area contributed by atoms with E-state index in [0.29, 0.717) is 12.1 Å². The molecule has 0 radical (unpaired) electrons. The number of hydrogen-bond donors (Lipinski definition) is 0. The monoisotopic (exact) mass is 397 g/mol. The number of thiophene rings is 1. The van der Waals surface area contributed by atoms with Crippen LogP contribution in [0.4, 0.5) is 18.9 Å². The Labute approximate surface area is 138 Å². The fourth-order valence-corrected chi connectivity index (χ4v) is 3.38. The third-order valence-corrected chi connectivity index (χ3v) is 4.84. The molecular formula is C14H12BrClF3NS. The van der Waals surface area contributed by atoms with E-state index in [1.807, 2.05) is 11.4 Å². The van der Waals surface area contributed by atoms with Crippen molar-refractivity contribution in [3.8, 4) is 0 Å². The first-order chi connectivity index (χ1) is 9.81. The van der Waals surface area contributed by atoms with Crippen molar-refractivity contribution in [3.63, 3.8) is 0 Å². The molecule has 2 rings (SSSR count). The number of rotatable bonds is 4. The molecule has 1 nitrogen and oxygen atoms in total. The fraction of sp³-hybridized carbons (Fsp3) is 0.286. The molecule has 0 amide bonds. The van der Waals surface area contributed by atoms with Gasteiger partial charge < -0.3 is 4.90 Å². The molecule has 1 heterocycles. The van der Waals surface area contributed by atoms with E-state index in [9.17, 15) is 13.2 Å². The molecule has 1 aromatic heterocycles. The van der Waals surface area contributed by atoms with E-state index in [4.69, 9.17) is 11.6 Å². The molecule has 0 saturated carbocycles. The quantitative estimate of drug-likeness (QED) is 0.579. The molecule has 114 valence electrons. The third kappa shape index (κ3) is 4.14. The Morgan fingerprint density at radius 2 is 1.95 bits per heavy atom. The second-order valence-corrected chi connectivity index (χ2v) is 7.16. The van der Waals surface area contributed by atoms with Crippen molar-refractivity contribution in [1.82, 2.24) is 0 Å². The summed E-state index contributed by atoms with van der Waals surface area (Å²) in [4.78, 5) is 1.59. The lowest BCUT2D eigenvalue weighted by atomic mass is 10.1. The van der Waals surface area contributed by atoms with Gasteiger partial charge in [-0.05, 0) is 50.6 Å². The van der Waals surface area contributed by atoms with Crippen molar-refractivity contribution in [2.45, 2.75) is 18.6 Å². The molecule has 0 spiro atoms. The summed E-state index contributed by atoms with van der Waals surface area (Å²) in [5.74, 6) is 0.0601. The molecule has 0 atom stereocenters. The third-order valence-electron chi connectivity index (χ3n) is 2.97. The number of alkyl halides is 4. The van der Waals surface area contributed by atoms with Crippen LogP contribution in [0.3, 0.4) is 0 Å². The first-order valence-corrected chi connectivity index (χ1v) is 8.22. The minimum absolute atomic E-state index is 0.0601. The first-order valence-electron chi connectivity index (χ1n) is 6.01. The fourth-order valence-electron chi connectivity index (χ4n) is 2.01. The van der Waals surface area contributed by atoms with E-state index in [0.717, 1.165) is 15.4 Å². The maximum Gasteiger partial charge on any atom is 0.418 e. The molecule has 1 aromatic carbocycles. The second kappa shape index (κ2) is 6.58. The SMILES string of the molecule is CN(Cc1csc(Br)c1)c1ccc(CCl)cc1C(F)(F)F. The van der Waals surface area contributed by atoms with Crippen LogP contribution in [0.25, 0.3) is 0 Å². The zero-order chi connectivity index (χ0) is 15.6. The Kier molecular flexibility index (Phi) is 5.22. The summed E-state index contributed by atoms with van der Waals surface area (Å²) < 4.78 is 40.5. The van der Waals surface area contributed by atoms with Gasteiger partial charge in [-0.1, -0.05) is 6.07 Å². The van der Waals surface area contributed by atoms with Crippen LogP contribution in [0.1, 0.15) is 16.7 Å². The molecule has 2 aromatic rings. The average molecular weight is 399 g/mol. The van der Waals surface area contributed by atoms with Gasteiger partial charge in [0.05, 0.1) is 9.35 Å². The molecule has 7 heteroatoms. The zero-order valence-corrected chi connectivity index (χ0v) is 14.2. The van der Waals surface area contributed by atoms with E-state index in [1.165, 1.54) is 17.4 Å².